The van der Waals surface area contributed by atoms with Gasteiger partial charge in [-0.3, -0.25) is 4.79 Å². The maximum atomic E-state index is 10.7. The fraction of sp³-hybridized carbons (Fsp3) is 0.200. The fourth-order valence-corrected chi connectivity index (χ4v) is 3.31. The molecule has 0 atom stereocenters. The van der Waals surface area contributed by atoms with Crippen LogP contribution in [0.4, 0.5) is 0 Å². The van der Waals surface area contributed by atoms with Gasteiger partial charge >= 0.3 is 5.97 Å². The van der Waals surface area contributed by atoms with E-state index < -0.39 is 5.97 Å². The Bertz CT molecular complexity index is 812. The number of carbonyl (C=O) groups is 1. The number of aryl methyl sites for hydroxylation is 1. The lowest BCUT2D eigenvalue weighted by Gasteiger charge is -2.07. The Morgan fingerprint density at radius 1 is 1.08 bits per heavy atom. The molecule has 1 aromatic heterocycles. The molecule has 1 heterocycles. The zero-order valence-corrected chi connectivity index (χ0v) is 14.5. The molecule has 0 saturated heterocycles. The Hall–Kier alpha value is -2.66. The molecule has 0 spiro atoms. The predicted octanol–water partition coefficient (Wildman–Crippen LogP) is 4.45. The van der Waals surface area contributed by atoms with Crippen molar-refractivity contribution in [1.82, 2.24) is 4.98 Å². The smallest absolute Gasteiger partial charge is 0.309 e. The van der Waals surface area contributed by atoms with Crippen LogP contribution >= 0.6 is 11.3 Å². The first-order valence-corrected chi connectivity index (χ1v) is 9.02. The van der Waals surface area contributed by atoms with E-state index in [1.54, 1.807) is 5.38 Å². The lowest BCUT2D eigenvalue weighted by Crippen LogP contribution is -2.00. The second-order valence-electron chi connectivity index (χ2n) is 5.68. The molecule has 0 aliphatic carbocycles. The molecule has 4 nitrogen and oxygen atoms in total. The highest BCUT2D eigenvalue weighted by molar-refractivity contribution is 7.13. The van der Waals surface area contributed by atoms with Crippen LogP contribution in [-0.2, 0) is 17.6 Å². The number of hydrogen-bond acceptors (Lipinski definition) is 4. The lowest BCUT2D eigenvalue weighted by molar-refractivity contribution is -0.136. The minimum absolute atomic E-state index is 0.0426. The summed E-state index contributed by atoms with van der Waals surface area (Å²) in [6.07, 6.45) is 1.93. The molecule has 0 aliphatic heterocycles. The first-order chi connectivity index (χ1) is 12.2. The summed E-state index contributed by atoms with van der Waals surface area (Å²) in [7, 11) is 0. The maximum Gasteiger partial charge on any atom is 0.309 e. The van der Waals surface area contributed by atoms with Gasteiger partial charge in [-0.1, -0.05) is 30.3 Å². The number of ether oxygens (including phenoxy) is 1. The van der Waals surface area contributed by atoms with E-state index in [0.29, 0.717) is 12.3 Å². The fourth-order valence-electron chi connectivity index (χ4n) is 2.48. The minimum Gasteiger partial charge on any atom is -0.494 e. The summed E-state index contributed by atoms with van der Waals surface area (Å²) in [6, 6.07) is 18.1. The Morgan fingerprint density at radius 2 is 1.84 bits per heavy atom. The van der Waals surface area contributed by atoms with Gasteiger partial charge in [-0.15, -0.1) is 11.3 Å². The Balaban J connectivity index is 1.50. The minimum atomic E-state index is -0.865. The zero-order valence-electron chi connectivity index (χ0n) is 13.7. The van der Waals surface area contributed by atoms with Crippen LogP contribution in [0.5, 0.6) is 5.75 Å². The van der Waals surface area contributed by atoms with Gasteiger partial charge in [-0.25, -0.2) is 4.98 Å². The third-order valence-electron chi connectivity index (χ3n) is 3.71. The second-order valence-corrected chi connectivity index (χ2v) is 6.53. The van der Waals surface area contributed by atoms with Crippen LogP contribution in [0.15, 0.2) is 60.0 Å². The van der Waals surface area contributed by atoms with E-state index in [-0.39, 0.29) is 6.42 Å². The molecular weight excluding hydrogens is 334 g/mol. The second kappa shape index (κ2) is 8.44. The summed E-state index contributed by atoms with van der Waals surface area (Å²) in [4.78, 5) is 15.1. The third-order valence-corrected chi connectivity index (χ3v) is 4.65. The van der Waals surface area contributed by atoms with Crippen LogP contribution in [0.25, 0.3) is 10.6 Å². The Kier molecular flexibility index (Phi) is 5.80. The molecule has 25 heavy (non-hydrogen) atoms. The Labute approximate surface area is 150 Å². The predicted molar refractivity (Wildman–Crippen MR) is 99.1 cm³/mol. The monoisotopic (exact) mass is 353 g/mol. The van der Waals surface area contributed by atoms with Crippen LogP contribution < -0.4 is 4.74 Å². The number of thiazole rings is 1. The van der Waals surface area contributed by atoms with Crippen molar-refractivity contribution >= 4 is 17.3 Å². The molecule has 0 saturated carbocycles. The molecular formula is C20H19NO3S. The molecule has 3 aromatic rings. The standard InChI is InChI=1S/C20H19NO3S/c22-19(23)13-17-14-25-20(21-17)16-8-10-18(11-9-16)24-12-4-7-15-5-2-1-3-6-15/h1-3,5-6,8-11,14H,4,7,12-13H2,(H,22,23). The highest BCUT2D eigenvalue weighted by Crippen LogP contribution is 2.26. The van der Waals surface area contributed by atoms with Crippen molar-refractivity contribution in [3.63, 3.8) is 0 Å². The SMILES string of the molecule is O=C(O)Cc1csc(-c2ccc(OCCCc3ccccc3)cc2)n1. The quantitative estimate of drug-likeness (QED) is 0.608. The molecule has 1 N–H and O–H groups in total. The average molecular weight is 353 g/mol. The van der Waals surface area contributed by atoms with Gasteiger partial charge in [0.1, 0.15) is 10.8 Å². The maximum absolute atomic E-state index is 10.7. The molecule has 0 radical (unpaired) electrons. The van der Waals surface area contributed by atoms with Gasteiger partial charge in [0.05, 0.1) is 18.7 Å². The van der Waals surface area contributed by atoms with Crippen LogP contribution in [0, 0.1) is 0 Å². The molecule has 2 aromatic carbocycles. The highest BCUT2D eigenvalue weighted by Gasteiger charge is 2.08. The summed E-state index contributed by atoms with van der Waals surface area (Å²) in [5.74, 6) is -0.0322. The highest BCUT2D eigenvalue weighted by atomic mass is 32.1. The summed E-state index contributed by atoms with van der Waals surface area (Å²) in [5.41, 5.74) is 2.88. The van der Waals surface area contributed by atoms with Crippen LogP contribution in [0.1, 0.15) is 17.7 Å². The van der Waals surface area contributed by atoms with Crippen molar-refractivity contribution in [3.05, 3.63) is 71.2 Å². The number of aliphatic carboxylic acids is 1. The van der Waals surface area contributed by atoms with Crippen molar-refractivity contribution in [3.8, 4) is 16.3 Å². The van der Waals surface area contributed by atoms with Gasteiger partial charge in [0.15, 0.2) is 0 Å². The van der Waals surface area contributed by atoms with Gasteiger partial charge < -0.3 is 9.84 Å². The number of nitrogens with zero attached hydrogens (tertiary/aromatic N) is 1. The third kappa shape index (κ3) is 5.16. The molecule has 0 bridgehead atoms. The zero-order chi connectivity index (χ0) is 17.5. The van der Waals surface area contributed by atoms with E-state index >= 15 is 0 Å². The van der Waals surface area contributed by atoms with E-state index in [0.717, 1.165) is 29.2 Å². The van der Waals surface area contributed by atoms with Crippen molar-refractivity contribution in [2.75, 3.05) is 6.61 Å². The average Bonchev–Trinajstić information content (AvgIpc) is 3.08. The number of hydrogen-bond donors (Lipinski definition) is 1. The van der Waals surface area contributed by atoms with E-state index in [4.69, 9.17) is 9.84 Å². The van der Waals surface area contributed by atoms with Crippen molar-refractivity contribution in [2.45, 2.75) is 19.3 Å². The van der Waals surface area contributed by atoms with E-state index in [1.807, 2.05) is 30.3 Å². The van der Waals surface area contributed by atoms with E-state index in [9.17, 15) is 4.79 Å². The molecule has 0 fully saturated rings. The van der Waals surface area contributed by atoms with Gasteiger partial charge in [0, 0.05) is 10.9 Å². The number of rotatable bonds is 8. The lowest BCUT2D eigenvalue weighted by atomic mass is 10.1. The van der Waals surface area contributed by atoms with Gasteiger partial charge in [-0.2, -0.15) is 0 Å². The molecule has 5 heteroatoms. The number of carboxylic acid groups (broad SMARTS) is 1. The summed E-state index contributed by atoms with van der Waals surface area (Å²) in [6.45, 7) is 0.675. The Morgan fingerprint density at radius 3 is 2.56 bits per heavy atom. The van der Waals surface area contributed by atoms with Gasteiger partial charge in [0.2, 0.25) is 0 Å². The molecule has 0 unspecified atom stereocenters. The van der Waals surface area contributed by atoms with Gasteiger partial charge in [0.25, 0.3) is 0 Å². The summed E-state index contributed by atoms with van der Waals surface area (Å²) in [5, 5.41) is 11.4. The summed E-state index contributed by atoms with van der Waals surface area (Å²) >= 11 is 1.45. The van der Waals surface area contributed by atoms with Crippen molar-refractivity contribution < 1.29 is 14.6 Å². The molecule has 0 aliphatic rings. The number of benzene rings is 2. The first kappa shape index (κ1) is 17.2. The molecule has 0 amide bonds. The van der Waals surface area contributed by atoms with E-state index in [2.05, 4.69) is 29.2 Å². The van der Waals surface area contributed by atoms with Crippen LogP contribution in [-0.4, -0.2) is 22.7 Å². The van der Waals surface area contributed by atoms with Crippen molar-refractivity contribution in [1.29, 1.82) is 0 Å². The normalized spacial score (nSPS) is 10.6. The number of aromatic nitrogens is 1. The summed E-state index contributed by atoms with van der Waals surface area (Å²) < 4.78 is 5.78. The molecule has 3 rings (SSSR count). The number of carboxylic acids is 1. The topological polar surface area (TPSA) is 59.4 Å². The van der Waals surface area contributed by atoms with Gasteiger partial charge in [-0.05, 0) is 42.7 Å². The molecule has 128 valence electrons. The largest absolute Gasteiger partial charge is 0.494 e. The first-order valence-electron chi connectivity index (χ1n) is 8.14. The van der Waals surface area contributed by atoms with Crippen molar-refractivity contribution in [2.24, 2.45) is 0 Å². The van der Waals surface area contributed by atoms with E-state index in [1.165, 1.54) is 16.9 Å². The van der Waals surface area contributed by atoms with Crippen LogP contribution in [0.2, 0.25) is 0 Å². The van der Waals surface area contributed by atoms with Crippen LogP contribution in [0.3, 0.4) is 0 Å².